The van der Waals surface area contributed by atoms with Gasteiger partial charge in [0.15, 0.2) is 23.9 Å². The minimum absolute atomic E-state index is 0.00929. The first-order chi connectivity index (χ1) is 26.1. The van der Waals surface area contributed by atoms with E-state index in [4.69, 9.17) is 28.4 Å². The Kier molecular flexibility index (Phi) is 11.4. The molecule has 14 heteroatoms. The van der Waals surface area contributed by atoms with E-state index >= 15 is 0 Å². The molecule has 5 N–H and O–H groups in total. The first-order valence-corrected chi connectivity index (χ1v) is 20.0. The smallest absolute Gasteiger partial charge is 0.379 e. The SMILES string of the molecule is CC1CC23OC(=O)C(=C2O)OC(=O)C2(C)C(C=CC4C(OC5CC(O)C(OC6CC(O)C(O)C(C)O6)C(C)O5)CCCC42)CCCCC=CC3C=C1C(=O)O. The molecule has 3 aliphatic carbocycles. The molecule has 4 heterocycles. The molecule has 0 aromatic rings. The fourth-order valence-electron chi connectivity index (χ4n) is 10.3. The fraction of sp³-hybridized carbons (Fsp3) is 0.732. The van der Waals surface area contributed by atoms with Crippen molar-refractivity contribution in [3.8, 4) is 0 Å². The average molecular weight is 773 g/mol. The zero-order chi connectivity index (χ0) is 39.4. The summed E-state index contributed by atoms with van der Waals surface area (Å²) in [5, 5.41) is 53.0. The van der Waals surface area contributed by atoms with Crippen molar-refractivity contribution in [2.75, 3.05) is 0 Å². The summed E-state index contributed by atoms with van der Waals surface area (Å²) < 4.78 is 36.4. The van der Waals surface area contributed by atoms with Gasteiger partial charge >= 0.3 is 17.9 Å². The minimum atomic E-state index is -1.60. The Balaban J connectivity index is 1.10. The predicted molar refractivity (Wildman–Crippen MR) is 192 cm³/mol. The van der Waals surface area contributed by atoms with Crippen LogP contribution in [0.2, 0.25) is 0 Å². The number of allylic oxidation sites excluding steroid dienone is 2. The van der Waals surface area contributed by atoms with E-state index in [9.17, 15) is 39.9 Å². The van der Waals surface area contributed by atoms with Gasteiger partial charge in [-0.2, -0.15) is 0 Å². The third-order valence-electron chi connectivity index (χ3n) is 13.4. The molecule has 304 valence electrons. The molecule has 0 amide bonds. The van der Waals surface area contributed by atoms with Gasteiger partial charge < -0.3 is 54.0 Å². The highest BCUT2D eigenvalue weighted by atomic mass is 16.7. The van der Waals surface area contributed by atoms with Gasteiger partial charge in [-0.05, 0) is 70.6 Å². The molecule has 1 saturated carbocycles. The molecule has 0 aromatic carbocycles. The lowest BCUT2D eigenvalue weighted by atomic mass is 9.55. The molecule has 2 saturated heterocycles. The molecule has 1 spiro atoms. The van der Waals surface area contributed by atoms with Crippen LogP contribution in [0.1, 0.15) is 91.9 Å². The van der Waals surface area contributed by atoms with Gasteiger partial charge in [0.2, 0.25) is 0 Å². The lowest BCUT2D eigenvalue weighted by molar-refractivity contribution is -0.318. The number of esters is 2. The van der Waals surface area contributed by atoms with Crippen molar-refractivity contribution in [2.24, 2.45) is 35.0 Å². The van der Waals surface area contributed by atoms with Crippen LogP contribution in [0, 0.1) is 35.0 Å². The van der Waals surface area contributed by atoms with Crippen LogP contribution in [0.25, 0.3) is 0 Å². The second-order valence-electron chi connectivity index (χ2n) is 16.9. The lowest BCUT2D eigenvalue weighted by Crippen LogP contribution is -2.55. The number of rotatable bonds is 5. The highest BCUT2D eigenvalue weighted by Gasteiger charge is 2.60. The van der Waals surface area contributed by atoms with Crippen LogP contribution in [-0.2, 0) is 42.8 Å². The molecule has 7 aliphatic rings. The Morgan fingerprint density at radius 2 is 1.62 bits per heavy atom. The molecule has 0 aromatic heterocycles. The number of fused-ring (bicyclic) bond motifs is 3. The highest BCUT2D eigenvalue weighted by molar-refractivity contribution is 5.95. The van der Waals surface area contributed by atoms with Crippen LogP contribution < -0.4 is 0 Å². The standard InChI is InChI=1S/C41H56O14/c1-20-19-41-24(16-26(20)37(46)47)11-8-6-5-7-10-23-14-15-25-27(40(23,4)39(49)54-35(36(41)45)38(48)55-41)12-9-13-30(25)52-31-18-29(43)34(22(3)51-31)53-32-17-28(42)33(44)21(2)50-32/h8,11,14-16,20-25,27-34,42-45H,5-7,9-10,12-13,17-19H2,1-4H3,(H,46,47). The Morgan fingerprint density at radius 3 is 2.35 bits per heavy atom. The van der Waals surface area contributed by atoms with Crippen molar-refractivity contribution in [1.82, 2.24) is 0 Å². The monoisotopic (exact) mass is 772 g/mol. The van der Waals surface area contributed by atoms with Crippen molar-refractivity contribution < 1.29 is 68.3 Å². The van der Waals surface area contributed by atoms with Crippen LogP contribution >= 0.6 is 0 Å². The van der Waals surface area contributed by atoms with E-state index in [0.717, 1.165) is 19.3 Å². The van der Waals surface area contributed by atoms with E-state index in [1.165, 1.54) is 6.08 Å². The number of carboxylic acid groups (broad SMARTS) is 1. The van der Waals surface area contributed by atoms with Crippen LogP contribution in [0.3, 0.4) is 0 Å². The maximum Gasteiger partial charge on any atom is 0.379 e. The van der Waals surface area contributed by atoms with Gasteiger partial charge in [0.25, 0.3) is 5.76 Å². The molecule has 3 fully saturated rings. The van der Waals surface area contributed by atoms with Crippen molar-refractivity contribution >= 4 is 17.9 Å². The van der Waals surface area contributed by atoms with Crippen molar-refractivity contribution in [3.05, 3.63) is 47.5 Å². The summed E-state index contributed by atoms with van der Waals surface area (Å²) in [6.45, 7) is 7.00. The molecule has 16 unspecified atom stereocenters. The number of aliphatic hydroxyl groups is 4. The topological polar surface area (TPSA) is 208 Å². The van der Waals surface area contributed by atoms with Gasteiger partial charge in [0, 0.05) is 36.7 Å². The largest absolute Gasteiger partial charge is 0.505 e. The number of aliphatic hydroxyl groups excluding tert-OH is 4. The third kappa shape index (κ3) is 7.32. The van der Waals surface area contributed by atoms with Crippen LogP contribution in [0.4, 0.5) is 0 Å². The molecule has 2 bridgehead atoms. The summed E-state index contributed by atoms with van der Waals surface area (Å²) in [5.41, 5.74) is -2.53. The third-order valence-corrected chi connectivity index (χ3v) is 13.4. The average Bonchev–Trinajstić information content (AvgIpc) is 3.35. The maximum absolute atomic E-state index is 14.6. The van der Waals surface area contributed by atoms with E-state index in [1.807, 2.05) is 13.0 Å². The quantitative estimate of drug-likeness (QED) is 0.197. The summed E-state index contributed by atoms with van der Waals surface area (Å²) in [4.78, 5) is 40.1. The molecule has 7 rings (SSSR count). The Morgan fingerprint density at radius 1 is 0.891 bits per heavy atom. The van der Waals surface area contributed by atoms with Gasteiger partial charge in [0.1, 0.15) is 12.2 Å². The lowest BCUT2D eigenvalue weighted by Gasteiger charge is -2.51. The number of carbonyl (C=O) groups excluding carboxylic acids is 2. The zero-order valence-corrected chi connectivity index (χ0v) is 32.0. The maximum atomic E-state index is 14.6. The van der Waals surface area contributed by atoms with E-state index < -0.39 is 101 Å². The molecule has 0 radical (unpaired) electrons. The number of aliphatic carboxylic acids is 1. The molecule has 16 atom stereocenters. The summed E-state index contributed by atoms with van der Waals surface area (Å²) in [7, 11) is 0. The van der Waals surface area contributed by atoms with Crippen LogP contribution in [0.5, 0.6) is 0 Å². The second kappa shape index (κ2) is 15.7. The Hall–Kier alpha value is -3.11. The summed E-state index contributed by atoms with van der Waals surface area (Å²) >= 11 is 0. The van der Waals surface area contributed by atoms with E-state index in [2.05, 4.69) is 12.2 Å². The normalized spacial score (nSPS) is 46.3. The van der Waals surface area contributed by atoms with Crippen molar-refractivity contribution in [3.63, 3.8) is 0 Å². The predicted octanol–water partition coefficient (Wildman–Crippen LogP) is 4.12. The molecular weight excluding hydrogens is 716 g/mol. The molecule has 4 aliphatic heterocycles. The van der Waals surface area contributed by atoms with Crippen LogP contribution in [-0.4, -0.2) is 104 Å². The van der Waals surface area contributed by atoms with Gasteiger partial charge in [0.05, 0.1) is 35.9 Å². The van der Waals surface area contributed by atoms with Gasteiger partial charge in [-0.25, -0.2) is 9.59 Å². The van der Waals surface area contributed by atoms with Gasteiger partial charge in [-0.15, -0.1) is 0 Å². The van der Waals surface area contributed by atoms with Crippen molar-refractivity contribution in [2.45, 2.75) is 153 Å². The first kappa shape index (κ1) is 40.1. The number of carboxylic acids is 1. The van der Waals surface area contributed by atoms with Gasteiger partial charge in [-0.1, -0.05) is 50.1 Å². The number of hydrogen-bond acceptors (Lipinski definition) is 13. The highest BCUT2D eigenvalue weighted by Crippen LogP contribution is 2.55. The van der Waals surface area contributed by atoms with E-state index in [1.54, 1.807) is 26.8 Å². The fourth-order valence-corrected chi connectivity index (χ4v) is 10.3. The molecular formula is C41H56O14. The number of carbonyl (C=O) groups is 3. The first-order valence-electron chi connectivity index (χ1n) is 20.0. The van der Waals surface area contributed by atoms with E-state index in [-0.39, 0.29) is 48.7 Å². The molecule has 14 nitrogen and oxygen atoms in total. The zero-order valence-electron chi connectivity index (χ0n) is 32.0. The molecule has 55 heavy (non-hydrogen) atoms. The van der Waals surface area contributed by atoms with Crippen molar-refractivity contribution in [1.29, 1.82) is 0 Å². The van der Waals surface area contributed by atoms with Gasteiger partial charge in [-0.3, -0.25) is 4.79 Å². The van der Waals surface area contributed by atoms with Crippen LogP contribution in [0.15, 0.2) is 47.5 Å². The number of ether oxygens (including phenoxy) is 6. The van der Waals surface area contributed by atoms with E-state index in [0.29, 0.717) is 25.7 Å². The summed E-state index contributed by atoms with van der Waals surface area (Å²) in [6.07, 6.45) is 7.82. The number of hydrogen-bond donors (Lipinski definition) is 5. The minimum Gasteiger partial charge on any atom is -0.505 e. The second-order valence-corrected chi connectivity index (χ2v) is 16.9. The Bertz CT molecular complexity index is 1590. The Labute approximate surface area is 321 Å². The summed E-state index contributed by atoms with van der Waals surface area (Å²) in [5.74, 6) is -5.73. The summed E-state index contributed by atoms with van der Waals surface area (Å²) in [6, 6.07) is 0.